The number of hydrogen-bond acceptors (Lipinski definition) is 8. The maximum absolute atomic E-state index is 14.0. The minimum Gasteiger partial charge on any atom is -0.481 e. The largest absolute Gasteiger partial charge is 0.481 e. The number of benzene rings is 1. The summed E-state index contributed by atoms with van der Waals surface area (Å²) in [5.41, 5.74) is 2.85. The third kappa shape index (κ3) is 5.87. The molecule has 0 aliphatic carbocycles. The van der Waals surface area contributed by atoms with Crippen LogP contribution >= 0.6 is 0 Å². The molecule has 2 aliphatic heterocycles. The summed E-state index contributed by atoms with van der Waals surface area (Å²) < 4.78 is 76.2. The van der Waals surface area contributed by atoms with Crippen molar-refractivity contribution in [2.45, 2.75) is 57.3 Å². The highest BCUT2D eigenvalue weighted by Crippen LogP contribution is 2.37. The van der Waals surface area contributed by atoms with Gasteiger partial charge in [0.25, 0.3) is 0 Å². The first-order valence-corrected chi connectivity index (χ1v) is 15.3. The SMILES string of the molecule is C.Cc1ccc([C@H](CC(=O)O)c2ccn3c(C(F)(F)F)nnc3c2C)cc1CN1C[C@@H]2COCCN2c2ncccc2S1(=O)=O. The van der Waals surface area contributed by atoms with E-state index in [1.807, 2.05) is 11.8 Å². The van der Waals surface area contributed by atoms with Crippen molar-refractivity contribution in [1.29, 1.82) is 0 Å². The molecule has 0 amide bonds. The molecule has 0 bridgehead atoms. The average molecular weight is 647 g/mol. The van der Waals surface area contributed by atoms with Gasteiger partial charge in [0.1, 0.15) is 10.7 Å². The van der Waals surface area contributed by atoms with Gasteiger partial charge in [0.15, 0.2) is 5.65 Å². The number of pyridine rings is 2. The molecule has 1 fully saturated rings. The van der Waals surface area contributed by atoms with Crippen LogP contribution in [0.4, 0.5) is 19.0 Å². The van der Waals surface area contributed by atoms with E-state index in [0.717, 1.165) is 9.96 Å². The number of fused-ring (bicyclic) bond motifs is 4. The number of carboxylic acid groups (broad SMARTS) is 1. The molecule has 2 aliphatic rings. The number of nitrogens with zero attached hydrogens (tertiary/aromatic N) is 6. The van der Waals surface area contributed by atoms with Crippen molar-refractivity contribution >= 4 is 27.5 Å². The number of morpholine rings is 1. The molecular formula is C30H33F3N6O5S. The molecular weight excluding hydrogens is 613 g/mol. The van der Waals surface area contributed by atoms with Gasteiger partial charge in [-0.05, 0) is 59.9 Å². The van der Waals surface area contributed by atoms with Gasteiger partial charge in [0, 0.05) is 37.9 Å². The predicted octanol–water partition coefficient (Wildman–Crippen LogP) is 4.41. The number of carboxylic acids is 1. The van der Waals surface area contributed by atoms with Crippen molar-refractivity contribution in [2.75, 3.05) is 31.2 Å². The molecule has 2 atom stereocenters. The molecule has 0 radical (unpaired) electrons. The number of anilines is 1. The van der Waals surface area contributed by atoms with Gasteiger partial charge in [-0.15, -0.1) is 10.2 Å². The fourth-order valence-electron chi connectivity index (χ4n) is 6.02. The van der Waals surface area contributed by atoms with Crippen molar-refractivity contribution in [3.05, 3.63) is 82.4 Å². The van der Waals surface area contributed by atoms with Crippen LogP contribution in [-0.2, 0) is 32.3 Å². The van der Waals surface area contributed by atoms with E-state index in [4.69, 9.17) is 4.74 Å². The van der Waals surface area contributed by atoms with Gasteiger partial charge in [-0.25, -0.2) is 13.4 Å². The molecule has 0 saturated carbocycles. The Labute approximate surface area is 258 Å². The Balaban J connectivity index is 0.00000400. The lowest BCUT2D eigenvalue weighted by Crippen LogP contribution is -2.50. The zero-order chi connectivity index (χ0) is 31.4. The van der Waals surface area contributed by atoms with Gasteiger partial charge in [-0.2, -0.15) is 17.5 Å². The second kappa shape index (κ2) is 12.0. The molecule has 5 heterocycles. The lowest BCUT2D eigenvalue weighted by atomic mass is 9.85. The van der Waals surface area contributed by atoms with Gasteiger partial charge < -0.3 is 14.7 Å². The highest BCUT2D eigenvalue weighted by molar-refractivity contribution is 7.89. The summed E-state index contributed by atoms with van der Waals surface area (Å²) in [6, 6.07) is 9.66. The number of carbonyl (C=O) groups is 1. The zero-order valence-corrected chi connectivity index (χ0v) is 24.6. The van der Waals surface area contributed by atoms with Crippen LogP contribution in [0.1, 0.15) is 53.4 Å². The Kier molecular flexibility index (Phi) is 8.63. The molecule has 1 N–H and O–H groups in total. The number of sulfonamides is 1. The van der Waals surface area contributed by atoms with Gasteiger partial charge in [0.2, 0.25) is 15.8 Å². The number of alkyl halides is 3. The van der Waals surface area contributed by atoms with Crippen molar-refractivity contribution in [3.8, 4) is 0 Å². The predicted molar refractivity (Wildman–Crippen MR) is 159 cm³/mol. The Morgan fingerprint density at radius 2 is 1.96 bits per heavy atom. The molecule has 240 valence electrons. The van der Waals surface area contributed by atoms with E-state index in [1.54, 1.807) is 43.5 Å². The third-order valence-electron chi connectivity index (χ3n) is 8.28. The molecule has 45 heavy (non-hydrogen) atoms. The van der Waals surface area contributed by atoms with Crippen LogP contribution in [-0.4, -0.2) is 75.7 Å². The minimum absolute atomic E-state index is 0. The van der Waals surface area contributed by atoms with E-state index in [0.29, 0.717) is 47.8 Å². The summed E-state index contributed by atoms with van der Waals surface area (Å²) in [6.45, 7) is 4.88. The monoisotopic (exact) mass is 646 g/mol. The van der Waals surface area contributed by atoms with Crippen LogP contribution < -0.4 is 4.90 Å². The minimum atomic E-state index is -4.72. The van der Waals surface area contributed by atoms with Crippen LogP contribution in [0.15, 0.2) is 53.7 Å². The highest BCUT2D eigenvalue weighted by atomic mass is 32.2. The van der Waals surface area contributed by atoms with E-state index in [2.05, 4.69) is 15.2 Å². The van der Waals surface area contributed by atoms with E-state index in [9.17, 15) is 31.5 Å². The zero-order valence-electron chi connectivity index (χ0n) is 23.8. The van der Waals surface area contributed by atoms with Crippen molar-refractivity contribution in [2.24, 2.45) is 0 Å². The highest BCUT2D eigenvalue weighted by Gasteiger charge is 2.40. The van der Waals surface area contributed by atoms with Gasteiger partial charge in [-0.3, -0.25) is 9.20 Å². The smallest absolute Gasteiger partial charge is 0.452 e. The van der Waals surface area contributed by atoms with Crippen LogP contribution in [0.3, 0.4) is 0 Å². The molecule has 1 aromatic carbocycles. The first-order chi connectivity index (χ1) is 20.9. The summed E-state index contributed by atoms with van der Waals surface area (Å²) in [5, 5.41) is 16.9. The quantitative estimate of drug-likeness (QED) is 0.324. The number of halogens is 3. The molecule has 6 rings (SSSR count). The molecule has 11 nitrogen and oxygen atoms in total. The van der Waals surface area contributed by atoms with Crippen LogP contribution in [0.5, 0.6) is 0 Å². The van der Waals surface area contributed by atoms with Crippen LogP contribution in [0, 0.1) is 13.8 Å². The maximum Gasteiger partial charge on any atom is 0.452 e. The van der Waals surface area contributed by atoms with Gasteiger partial charge in [-0.1, -0.05) is 25.6 Å². The second-order valence-corrected chi connectivity index (χ2v) is 12.9. The number of ether oxygens (including phenoxy) is 1. The summed E-state index contributed by atoms with van der Waals surface area (Å²) in [4.78, 5) is 18.5. The Hall–Kier alpha value is -4.08. The van der Waals surface area contributed by atoms with Crippen LogP contribution in [0.25, 0.3) is 5.65 Å². The molecule has 0 spiro atoms. The van der Waals surface area contributed by atoms with E-state index in [1.165, 1.54) is 16.6 Å². The first-order valence-electron chi connectivity index (χ1n) is 13.9. The Morgan fingerprint density at radius 1 is 1.18 bits per heavy atom. The second-order valence-electron chi connectivity index (χ2n) is 11.0. The molecule has 4 aromatic rings. The van der Waals surface area contributed by atoms with Crippen molar-refractivity contribution in [3.63, 3.8) is 0 Å². The molecule has 3 aromatic heterocycles. The average Bonchev–Trinajstić information content (AvgIpc) is 3.40. The standard InChI is InChI=1S/C29H29F3N6O5S.CH4/c1-17-5-6-19(23(13-25(39)40)22-7-9-38-26(18(22)2)34-35-28(38)29(30,31)32)12-20(17)14-36-15-21-16-43-11-10-37(21)27-24(44(36,41)42)4-3-8-33-27;/h3-9,12,21,23H,10-11,13-16H2,1-2H3,(H,39,40);1H4/t21-,23+;/m1./s1. The topological polar surface area (TPSA) is 130 Å². The molecule has 15 heteroatoms. The lowest BCUT2D eigenvalue weighted by molar-refractivity contribution is -0.145. The number of hydrogen-bond donors (Lipinski definition) is 1. The molecule has 0 unspecified atom stereocenters. The first kappa shape index (κ1) is 32.3. The number of aryl methyl sites for hydroxylation is 2. The van der Waals surface area contributed by atoms with Gasteiger partial charge >= 0.3 is 12.1 Å². The maximum atomic E-state index is 14.0. The number of aliphatic carboxylic acids is 1. The Bertz CT molecular complexity index is 1860. The Morgan fingerprint density at radius 3 is 2.69 bits per heavy atom. The summed E-state index contributed by atoms with van der Waals surface area (Å²) in [7, 11) is -3.97. The van der Waals surface area contributed by atoms with E-state index < -0.39 is 33.9 Å². The van der Waals surface area contributed by atoms with Crippen molar-refractivity contribution < 1.29 is 36.2 Å². The van der Waals surface area contributed by atoms with Crippen LogP contribution in [0.2, 0.25) is 0 Å². The number of aromatic nitrogens is 4. The van der Waals surface area contributed by atoms with E-state index in [-0.39, 0.29) is 43.5 Å². The summed E-state index contributed by atoms with van der Waals surface area (Å²) >= 11 is 0. The normalized spacial score (nSPS) is 18.9. The fourth-order valence-corrected chi connectivity index (χ4v) is 7.63. The third-order valence-corrected chi connectivity index (χ3v) is 10.1. The van der Waals surface area contributed by atoms with Gasteiger partial charge in [0.05, 0.1) is 25.7 Å². The summed E-state index contributed by atoms with van der Waals surface area (Å²) in [6.07, 6.45) is -2.31. The number of rotatable bonds is 6. The van der Waals surface area contributed by atoms with E-state index >= 15 is 0 Å². The fraction of sp³-hybridized carbons (Fsp3) is 0.400. The lowest BCUT2D eigenvalue weighted by Gasteiger charge is -2.36. The summed E-state index contributed by atoms with van der Waals surface area (Å²) in [5.74, 6) is -2.64. The van der Waals surface area contributed by atoms with Crippen molar-refractivity contribution in [1.82, 2.24) is 23.9 Å². The molecule has 1 saturated heterocycles.